The molecule has 1 amide bonds. The van der Waals surface area contributed by atoms with E-state index in [0.717, 1.165) is 21.9 Å². The van der Waals surface area contributed by atoms with Gasteiger partial charge in [-0.25, -0.2) is 4.98 Å². The molecule has 1 heterocycles. The minimum absolute atomic E-state index is 0.133. The predicted octanol–water partition coefficient (Wildman–Crippen LogP) is 4.71. The van der Waals surface area contributed by atoms with Crippen LogP contribution >= 0.6 is 22.9 Å². The van der Waals surface area contributed by atoms with Crippen LogP contribution in [0.1, 0.15) is 20.9 Å². The zero-order valence-electron chi connectivity index (χ0n) is 13.9. The van der Waals surface area contributed by atoms with Gasteiger partial charge in [0.05, 0.1) is 12.8 Å². The van der Waals surface area contributed by atoms with Crippen LogP contribution in [0.4, 0.5) is 0 Å². The quantitative estimate of drug-likeness (QED) is 0.705. The number of rotatable bonds is 5. The maximum Gasteiger partial charge on any atom is 0.263 e. The van der Waals surface area contributed by atoms with Crippen LogP contribution in [0.3, 0.4) is 0 Å². The van der Waals surface area contributed by atoms with Gasteiger partial charge in [-0.05, 0) is 36.8 Å². The molecule has 0 aliphatic carbocycles. The fourth-order valence-corrected chi connectivity index (χ4v) is 3.57. The van der Waals surface area contributed by atoms with E-state index in [4.69, 9.17) is 16.3 Å². The second kappa shape index (κ2) is 7.68. The first-order chi connectivity index (χ1) is 12.1. The lowest BCUT2D eigenvalue weighted by Gasteiger charge is -2.06. The van der Waals surface area contributed by atoms with Crippen LogP contribution in [-0.4, -0.2) is 18.0 Å². The largest absolute Gasteiger partial charge is 0.497 e. The Balaban J connectivity index is 1.74. The number of halogens is 1. The molecule has 6 heteroatoms. The third-order valence-electron chi connectivity index (χ3n) is 3.66. The van der Waals surface area contributed by atoms with Crippen molar-refractivity contribution in [3.8, 4) is 16.3 Å². The summed E-state index contributed by atoms with van der Waals surface area (Å²) in [6.45, 7) is 2.27. The van der Waals surface area contributed by atoms with Crippen LogP contribution in [0.2, 0.25) is 5.02 Å². The molecule has 0 saturated carbocycles. The molecule has 0 saturated heterocycles. The second-order valence-electron chi connectivity index (χ2n) is 5.48. The number of benzene rings is 2. The topological polar surface area (TPSA) is 51.2 Å². The lowest BCUT2D eigenvalue weighted by Crippen LogP contribution is -2.22. The van der Waals surface area contributed by atoms with Gasteiger partial charge in [-0.1, -0.05) is 35.9 Å². The van der Waals surface area contributed by atoms with E-state index in [0.29, 0.717) is 22.1 Å². The van der Waals surface area contributed by atoms with Crippen molar-refractivity contribution in [2.75, 3.05) is 7.11 Å². The van der Waals surface area contributed by atoms with Crippen molar-refractivity contribution in [3.63, 3.8) is 0 Å². The number of aromatic nitrogens is 1. The number of carbonyl (C=O) groups is 1. The summed E-state index contributed by atoms with van der Waals surface area (Å²) in [6, 6.07) is 15.1. The Bertz CT molecular complexity index is 908. The zero-order chi connectivity index (χ0) is 17.8. The molecule has 0 bridgehead atoms. The van der Waals surface area contributed by atoms with Gasteiger partial charge >= 0.3 is 0 Å². The molecular formula is C19H17ClN2O2S. The number of thiazole rings is 1. The number of methoxy groups -OCH3 is 1. The van der Waals surface area contributed by atoms with E-state index in [9.17, 15) is 4.79 Å². The lowest BCUT2D eigenvalue weighted by atomic mass is 10.2. The summed E-state index contributed by atoms with van der Waals surface area (Å²) in [5.41, 5.74) is 2.60. The molecule has 4 nitrogen and oxygen atoms in total. The second-order valence-corrected chi connectivity index (χ2v) is 6.91. The fourth-order valence-electron chi connectivity index (χ4n) is 2.40. The Morgan fingerprint density at radius 3 is 2.80 bits per heavy atom. The summed E-state index contributed by atoms with van der Waals surface area (Å²) in [4.78, 5) is 17.6. The highest BCUT2D eigenvalue weighted by Gasteiger charge is 2.16. The van der Waals surface area contributed by atoms with E-state index >= 15 is 0 Å². The van der Waals surface area contributed by atoms with E-state index in [1.54, 1.807) is 7.11 Å². The number of nitrogens with zero attached hydrogens (tertiary/aromatic N) is 1. The Morgan fingerprint density at radius 2 is 2.04 bits per heavy atom. The van der Waals surface area contributed by atoms with Crippen molar-refractivity contribution in [2.24, 2.45) is 0 Å². The molecule has 0 atom stereocenters. The highest BCUT2D eigenvalue weighted by atomic mass is 35.5. The molecule has 0 unspecified atom stereocenters. The van der Waals surface area contributed by atoms with Gasteiger partial charge in [0.1, 0.15) is 15.6 Å². The normalized spacial score (nSPS) is 10.5. The first-order valence-electron chi connectivity index (χ1n) is 7.71. The molecule has 128 valence electrons. The molecule has 1 aromatic heterocycles. The Labute approximate surface area is 155 Å². The zero-order valence-corrected chi connectivity index (χ0v) is 15.4. The van der Waals surface area contributed by atoms with E-state index in [2.05, 4.69) is 10.3 Å². The molecule has 0 aliphatic rings. The fraction of sp³-hybridized carbons (Fsp3) is 0.158. The SMILES string of the molecule is COc1cccc(CNC(=O)c2sc(-c3cccc(Cl)c3)nc2C)c1. The monoisotopic (exact) mass is 372 g/mol. The van der Waals surface area contributed by atoms with Crippen molar-refractivity contribution < 1.29 is 9.53 Å². The van der Waals surface area contributed by atoms with E-state index < -0.39 is 0 Å². The number of carbonyl (C=O) groups excluding carboxylic acids is 1. The van der Waals surface area contributed by atoms with Crippen LogP contribution in [-0.2, 0) is 6.54 Å². The van der Waals surface area contributed by atoms with Gasteiger partial charge in [0.25, 0.3) is 5.91 Å². The van der Waals surface area contributed by atoms with Crippen molar-refractivity contribution in [2.45, 2.75) is 13.5 Å². The highest BCUT2D eigenvalue weighted by Crippen LogP contribution is 2.29. The molecule has 25 heavy (non-hydrogen) atoms. The lowest BCUT2D eigenvalue weighted by molar-refractivity contribution is 0.0954. The number of aryl methyl sites for hydroxylation is 1. The molecule has 2 aromatic carbocycles. The molecule has 1 N–H and O–H groups in total. The van der Waals surface area contributed by atoms with Crippen molar-refractivity contribution in [1.29, 1.82) is 0 Å². The maximum atomic E-state index is 12.5. The molecule has 0 aliphatic heterocycles. The van der Waals surface area contributed by atoms with E-state index in [-0.39, 0.29) is 5.91 Å². The van der Waals surface area contributed by atoms with E-state index in [1.165, 1.54) is 11.3 Å². The van der Waals surface area contributed by atoms with Crippen LogP contribution in [0.15, 0.2) is 48.5 Å². The summed E-state index contributed by atoms with van der Waals surface area (Å²) in [5.74, 6) is 0.634. The number of nitrogens with one attached hydrogen (secondary N) is 1. The van der Waals surface area contributed by atoms with Crippen molar-refractivity contribution >= 4 is 28.8 Å². The van der Waals surface area contributed by atoms with E-state index in [1.807, 2.05) is 55.5 Å². The first kappa shape index (κ1) is 17.5. The van der Waals surface area contributed by atoms with Crippen LogP contribution in [0, 0.1) is 6.92 Å². The van der Waals surface area contributed by atoms with Crippen LogP contribution in [0.5, 0.6) is 5.75 Å². The average Bonchev–Trinajstić information content (AvgIpc) is 3.02. The molecule has 3 rings (SSSR count). The summed E-state index contributed by atoms with van der Waals surface area (Å²) in [6.07, 6.45) is 0. The summed E-state index contributed by atoms with van der Waals surface area (Å²) in [5, 5.41) is 4.36. The predicted molar refractivity (Wildman–Crippen MR) is 101 cm³/mol. The standard InChI is InChI=1S/C19H17ClN2O2S/c1-12-17(25-19(22-12)14-6-4-7-15(20)10-14)18(23)21-11-13-5-3-8-16(9-13)24-2/h3-10H,11H2,1-2H3,(H,21,23). The number of ether oxygens (including phenoxy) is 1. The first-order valence-corrected chi connectivity index (χ1v) is 8.91. The number of hydrogen-bond acceptors (Lipinski definition) is 4. The Kier molecular flexibility index (Phi) is 5.36. The van der Waals surface area contributed by atoms with Gasteiger partial charge in [0.15, 0.2) is 0 Å². The summed E-state index contributed by atoms with van der Waals surface area (Å²) >= 11 is 7.40. The molecule has 3 aromatic rings. The average molecular weight is 373 g/mol. The number of amides is 1. The van der Waals surface area contributed by atoms with Gasteiger partial charge in [-0.15, -0.1) is 11.3 Å². The van der Waals surface area contributed by atoms with Gasteiger partial charge in [0, 0.05) is 17.1 Å². The van der Waals surface area contributed by atoms with Crippen molar-refractivity contribution in [1.82, 2.24) is 10.3 Å². The molecule has 0 spiro atoms. The molecular weight excluding hydrogens is 356 g/mol. The summed E-state index contributed by atoms with van der Waals surface area (Å²) < 4.78 is 5.20. The smallest absolute Gasteiger partial charge is 0.263 e. The Morgan fingerprint density at radius 1 is 1.24 bits per heavy atom. The van der Waals surface area contributed by atoms with Gasteiger partial charge in [0.2, 0.25) is 0 Å². The van der Waals surface area contributed by atoms with Crippen LogP contribution < -0.4 is 10.1 Å². The van der Waals surface area contributed by atoms with Gasteiger partial charge in [-0.2, -0.15) is 0 Å². The van der Waals surface area contributed by atoms with Gasteiger partial charge in [-0.3, -0.25) is 4.79 Å². The molecule has 0 radical (unpaired) electrons. The minimum atomic E-state index is -0.133. The maximum absolute atomic E-state index is 12.5. The third kappa shape index (κ3) is 4.18. The summed E-state index contributed by atoms with van der Waals surface area (Å²) in [7, 11) is 1.62. The highest BCUT2D eigenvalue weighted by molar-refractivity contribution is 7.17. The number of hydrogen-bond donors (Lipinski definition) is 1. The molecule has 0 fully saturated rings. The van der Waals surface area contributed by atoms with Crippen molar-refractivity contribution in [3.05, 3.63) is 69.7 Å². The minimum Gasteiger partial charge on any atom is -0.497 e. The third-order valence-corrected chi connectivity index (χ3v) is 5.10. The van der Waals surface area contributed by atoms with Gasteiger partial charge < -0.3 is 10.1 Å². The van der Waals surface area contributed by atoms with Crippen LogP contribution in [0.25, 0.3) is 10.6 Å². The Hall–Kier alpha value is -2.37.